The maximum Gasteiger partial charge on any atom is 0.160 e. The summed E-state index contributed by atoms with van der Waals surface area (Å²) in [6.07, 6.45) is 4.80. The Kier molecular flexibility index (Phi) is 3.79. The summed E-state index contributed by atoms with van der Waals surface area (Å²) in [5.41, 5.74) is 2.93. The highest BCUT2D eigenvalue weighted by molar-refractivity contribution is 5.71. The second-order valence-corrected chi connectivity index (χ2v) is 6.05. The second kappa shape index (κ2) is 6.08. The van der Waals surface area contributed by atoms with Gasteiger partial charge in [0.25, 0.3) is 0 Å². The van der Waals surface area contributed by atoms with Gasteiger partial charge in [-0.25, -0.2) is 14.4 Å². The second-order valence-electron chi connectivity index (χ2n) is 6.05. The quantitative estimate of drug-likeness (QED) is 0.808. The molecular formula is C18H19FN4. The van der Waals surface area contributed by atoms with Gasteiger partial charge in [-0.05, 0) is 49.2 Å². The molecule has 1 aliphatic heterocycles. The standard InChI is InChI=1S/C18H19FN4/c19-14-7-5-13(6-8-14)11-17-22-16-4-2-10-21-18(16)23(17)15-3-1-9-20-12-15/h2,4-8,10,15,20H,1,3,9,11-12H2. The number of hydrogen-bond acceptors (Lipinski definition) is 3. The lowest BCUT2D eigenvalue weighted by molar-refractivity contribution is 0.370. The van der Waals surface area contributed by atoms with E-state index in [-0.39, 0.29) is 5.82 Å². The van der Waals surface area contributed by atoms with Crippen LogP contribution >= 0.6 is 0 Å². The Morgan fingerprint density at radius 3 is 2.87 bits per heavy atom. The van der Waals surface area contributed by atoms with Crippen LogP contribution in [0.4, 0.5) is 4.39 Å². The number of pyridine rings is 1. The zero-order valence-electron chi connectivity index (χ0n) is 12.9. The maximum atomic E-state index is 13.1. The molecule has 1 saturated heterocycles. The first-order chi connectivity index (χ1) is 11.3. The Morgan fingerprint density at radius 2 is 2.09 bits per heavy atom. The van der Waals surface area contributed by atoms with Crippen LogP contribution in [0.15, 0.2) is 42.6 Å². The van der Waals surface area contributed by atoms with Gasteiger partial charge in [-0.1, -0.05) is 12.1 Å². The number of halogens is 1. The van der Waals surface area contributed by atoms with Gasteiger partial charge in [0.15, 0.2) is 5.65 Å². The van der Waals surface area contributed by atoms with Gasteiger partial charge >= 0.3 is 0 Å². The number of rotatable bonds is 3. The fraction of sp³-hybridized carbons (Fsp3) is 0.333. The topological polar surface area (TPSA) is 42.7 Å². The van der Waals surface area contributed by atoms with Crippen LogP contribution in [0.5, 0.6) is 0 Å². The van der Waals surface area contributed by atoms with Crippen molar-refractivity contribution in [1.82, 2.24) is 19.9 Å². The van der Waals surface area contributed by atoms with Gasteiger partial charge in [-0.3, -0.25) is 0 Å². The van der Waals surface area contributed by atoms with Gasteiger partial charge in [-0.15, -0.1) is 0 Å². The smallest absolute Gasteiger partial charge is 0.160 e. The van der Waals surface area contributed by atoms with Gasteiger partial charge in [0.2, 0.25) is 0 Å². The van der Waals surface area contributed by atoms with Crippen molar-refractivity contribution in [2.45, 2.75) is 25.3 Å². The van der Waals surface area contributed by atoms with Crippen LogP contribution in [0.2, 0.25) is 0 Å². The molecular weight excluding hydrogens is 291 g/mol. The van der Waals surface area contributed by atoms with E-state index in [1.165, 1.54) is 12.1 Å². The van der Waals surface area contributed by atoms with E-state index in [4.69, 9.17) is 4.98 Å². The van der Waals surface area contributed by atoms with Crippen LogP contribution in [0.25, 0.3) is 11.2 Å². The highest BCUT2D eigenvalue weighted by Gasteiger charge is 2.21. The molecule has 1 N–H and O–H groups in total. The number of hydrogen-bond donors (Lipinski definition) is 1. The summed E-state index contributed by atoms with van der Waals surface area (Å²) in [5, 5.41) is 3.46. The minimum absolute atomic E-state index is 0.208. The molecule has 1 fully saturated rings. The summed E-state index contributed by atoms with van der Waals surface area (Å²) in [6, 6.07) is 10.9. The molecule has 2 aromatic heterocycles. The van der Waals surface area contributed by atoms with Gasteiger partial charge in [0.05, 0.1) is 0 Å². The Hall–Kier alpha value is -2.27. The lowest BCUT2D eigenvalue weighted by Gasteiger charge is -2.26. The third kappa shape index (κ3) is 2.84. The normalized spacial score (nSPS) is 18.4. The molecule has 1 unspecified atom stereocenters. The van der Waals surface area contributed by atoms with E-state index in [1.54, 1.807) is 0 Å². The van der Waals surface area contributed by atoms with Crippen LogP contribution in [0, 0.1) is 5.82 Å². The summed E-state index contributed by atoms with van der Waals surface area (Å²) in [7, 11) is 0. The predicted molar refractivity (Wildman–Crippen MR) is 87.9 cm³/mol. The monoisotopic (exact) mass is 310 g/mol. The van der Waals surface area contributed by atoms with Crippen molar-refractivity contribution in [3.05, 3.63) is 59.8 Å². The van der Waals surface area contributed by atoms with Crippen LogP contribution in [-0.4, -0.2) is 27.6 Å². The van der Waals surface area contributed by atoms with E-state index in [9.17, 15) is 4.39 Å². The van der Waals surface area contributed by atoms with Gasteiger partial charge in [0, 0.05) is 25.2 Å². The first-order valence-electron chi connectivity index (χ1n) is 8.08. The van der Waals surface area contributed by atoms with Crippen molar-refractivity contribution in [3.63, 3.8) is 0 Å². The fourth-order valence-electron chi connectivity index (χ4n) is 3.32. The molecule has 5 heteroatoms. The molecule has 0 spiro atoms. The van der Waals surface area contributed by atoms with Crippen LogP contribution in [0.1, 0.15) is 30.3 Å². The number of nitrogens with zero attached hydrogens (tertiary/aromatic N) is 3. The average Bonchev–Trinajstić information content (AvgIpc) is 2.95. The summed E-state index contributed by atoms with van der Waals surface area (Å²) < 4.78 is 15.4. The fourth-order valence-corrected chi connectivity index (χ4v) is 3.32. The lowest BCUT2D eigenvalue weighted by Crippen LogP contribution is -2.32. The predicted octanol–water partition coefficient (Wildman–Crippen LogP) is 3.09. The number of benzene rings is 1. The molecule has 4 nitrogen and oxygen atoms in total. The van der Waals surface area contributed by atoms with Crippen molar-refractivity contribution in [2.75, 3.05) is 13.1 Å². The van der Waals surface area contributed by atoms with Crippen LogP contribution in [-0.2, 0) is 6.42 Å². The van der Waals surface area contributed by atoms with E-state index < -0.39 is 0 Å². The highest BCUT2D eigenvalue weighted by atomic mass is 19.1. The molecule has 1 aromatic carbocycles. The molecule has 3 aromatic rings. The Morgan fingerprint density at radius 1 is 1.22 bits per heavy atom. The highest BCUT2D eigenvalue weighted by Crippen LogP contribution is 2.25. The largest absolute Gasteiger partial charge is 0.315 e. The SMILES string of the molecule is Fc1ccc(Cc2nc3cccnc3n2C2CCCNC2)cc1. The molecule has 4 rings (SSSR count). The van der Waals surface area contributed by atoms with Crippen LogP contribution < -0.4 is 5.32 Å². The molecule has 1 aliphatic rings. The summed E-state index contributed by atoms with van der Waals surface area (Å²) in [5.74, 6) is 0.791. The summed E-state index contributed by atoms with van der Waals surface area (Å²) in [4.78, 5) is 9.33. The minimum atomic E-state index is -0.208. The Balaban J connectivity index is 1.76. The van der Waals surface area contributed by atoms with Crippen molar-refractivity contribution in [3.8, 4) is 0 Å². The molecule has 3 heterocycles. The molecule has 1 atom stereocenters. The first kappa shape index (κ1) is 14.3. The number of piperidine rings is 1. The van der Waals surface area contributed by atoms with E-state index in [0.29, 0.717) is 12.5 Å². The maximum absolute atomic E-state index is 13.1. The Bertz CT molecular complexity index is 804. The molecule has 118 valence electrons. The van der Waals surface area contributed by atoms with E-state index in [1.807, 2.05) is 30.5 Å². The summed E-state index contributed by atoms with van der Waals surface area (Å²) >= 11 is 0. The molecule has 0 saturated carbocycles. The molecule has 23 heavy (non-hydrogen) atoms. The van der Waals surface area contributed by atoms with Crippen molar-refractivity contribution in [2.24, 2.45) is 0 Å². The molecule has 0 amide bonds. The third-order valence-electron chi connectivity index (χ3n) is 4.43. The Labute approximate surface area is 134 Å². The van der Waals surface area contributed by atoms with Gasteiger partial charge < -0.3 is 9.88 Å². The lowest BCUT2D eigenvalue weighted by atomic mass is 10.1. The van der Waals surface area contributed by atoms with E-state index in [2.05, 4.69) is 14.9 Å². The molecule has 0 bridgehead atoms. The van der Waals surface area contributed by atoms with Crippen molar-refractivity contribution < 1.29 is 4.39 Å². The molecule has 0 aliphatic carbocycles. The van der Waals surface area contributed by atoms with Crippen molar-refractivity contribution in [1.29, 1.82) is 0 Å². The van der Waals surface area contributed by atoms with Crippen molar-refractivity contribution >= 4 is 11.2 Å². The zero-order chi connectivity index (χ0) is 15.6. The number of fused-ring (bicyclic) bond motifs is 1. The van der Waals surface area contributed by atoms with Gasteiger partial charge in [0.1, 0.15) is 17.2 Å². The number of aromatic nitrogens is 3. The van der Waals surface area contributed by atoms with E-state index >= 15 is 0 Å². The zero-order valence-corrected chi connectivity index (χ0v) is 12.9. The number of imidazole rings is 1. The van der Waals surface area contributed by atoms with E-state index in [0.717, 1.165) is 48.5 Å². The molecule has 0 radical (unpaired) electrons. The first-order valence-corrected chi connectivity index (χ1v) is 8.08. The van der Waals surface area contributed by atoms with Crippen LogP contribution in [0.3, 0.4) is 0 Å². The van der Waals surface area contributed by atoms with Gasteiger partial charge in [-0.2, -0.15) is 0 Å². The average molecular weight is 310 g/mol. The minimum Gasteiger partial charge on any atom is -0.315 e. The number of nitrogens with one attached hydrogen (secondary N) is 1. The third-order valence-corrected chi connectivity index (χ3v) is 4.43. The summed E-state index contributed by atoms with van der Waals surface area (Å²) in [6.45, 7) is 2.02.